The first-order valence-electron chi connectivity index (χ1n) is 8.00. The third-order valence-electron chi connectivity index (χ3n) is 5.64. The van der Waals surface area contributed by atoms with Gasteiger partial charge < -0.3 is 5.73 Å². The average Bonchev–Trinajstić information content (AvgIpc) is 2.34. The molecule has 0 aromatic heterocycles. The summed E-state index contributed by atoms with van der Waals surface area (Å²) in [5.41, 5.74) is 6.39. The lowest BCUT2D eigenvalue weighted by atomic mass is 9.75. The van der Waals surface area contributed by atoms with Crippen LogP contribution in [0, 0.1) is 17.8 Å². The number of likely N-dealkylation sites (tertiary alicyclic amines) is 1. The molecule has 0 spiro atoms. The van der Waals surface area contributed by atoms with E-state index >= 15 is 0 Å². The van der Waals surface area contributed by atoms with E-state index < -0.39 is 0 Å². The number of nitrogens with zero attached hydrogens (tertiary/aromatic N) is 1. The van der Waals surface area contributed by atoms with Crippen LogP contribution in [-0.4, -0.2) is 30.1 Å². The summed E-state index contributed by atoms with van der Waals surface area (Å²) in [6.45, 7) is 10.5. The smallest absolute Gasteiger partial charge is 0.0306 e. The van der Waals surface area contributed by atoms with Crippen LogP contribution in [0.2, 0.25) is 0 Å². The first kappa shape index (κ1) is 14.3. The van der Waals surface area contributed by atoms with Crippen molar-refractivity contribution in [3.8, 4) is 0 Å². The second kappa shape index (κ2) is 5.92. The molecule has 2 heteroatoms. The van der Waals surface area contributed by atoms with Crippen molar-refractivity contribution < 1.29 is 0 Å². The van der Waals surface area contributed by atoms with Gasteiger partial charge in [-0.15, -0.1) is 0 Å². The summed E-state index contributed by atoms with van der Waals surface area (Å²) >= 11 is 0. The van der Waals surface area contributed by atoms with Crippen LogP contribution in [-0.2, 0) is 0 Å². The molecule has 1 heterocycles. The fraction of sp³-hybridized carbons (Fsp3) is 1.00. The van der Waals surface area contributed by atoms with Crippen LogP contribution in [0.15, 0.2) is 0 Å². The van der Waals surface area contributed by atoms with Gasteiger partial charge in [0.2, 0.25) is 0 Å². The molecule has 2 rings (SSSR count). The second-order valence-electron chi connectivity index (χ2n) is 7.27. The third kappa shape index (κ3) is 3.08. The van der Waals surface area contributed by atoms with Gasteiger partial charge in [0, 0.05) is 12.1 Å². The van der Waals surface area contributed by atoms with Crippen LogP contribution in [0.5, 0.6) is 0 Å². The molecule has 0 aromatic carbocycles. The highest BCUT2D eigenvalue weighted by molar-refractivity contribution is 4.93. The van der Waals surface area contributed by atoms with E-state index in [2.05, 4.69) is 25.7 Å². The van der Waals surface area contributed by atoms with Crippen molar-refractivity contribution in [2.75, 3.05) is 19.6 Å². The van der Waals surface area contributed by atoms with Gasteiger partial charge in [-0.2, -0.15) is 0 Å². The molecule has 1 atom stereocenters. The lowest BCUT2D eigenvalue weighted by molar-refractivity contribution is 0.0307. The zero-order valence-corrected chi connectivity index (χ0v) is 12.6. The Balaban J connectivity index is 1.88. The SMILES string of the molecule is CC(C)C1CCN(C(C)(CN)CC2CCC2)CC1. The minimum Gasteiger partial charge on any atom is -0.329 e. The molecule has 2 fully saturated rings. The number of hydrogen-bond donors (Lipinski definition) is 1. The maximum absolute atomic E-state index is 6.12. The molecular formula is C16H32N2. The van der Waals surface area contributed by atoms with E-state index in [1.807, 2.05) is 0 Å². The zero-order valence-electron chi connectivity index (χ0n) is 12.6. The third-order valence-corrected chi connectivity index (χ3v) is 5.64. The topological polar surface area (TPSA) is 29.3 Å². The van der Waals surface area contributed by atoms with Gasteiger partial charge >= 0.3 is 0 Å². The van der Waals surface area contributed by atoms with E-state index in [4.69, 9.17) is 5.73 Å². The van der Waals surface area contributed by atoms with Gasteiger partial charge in [-0.1, -0.05) is 33.1 Å². The number of nitrogens with two attached hydrogens (primary N) is 1. The van der Waals surface area contributed by atoms with Gasteiger partial charge in [-0.3, -0.25) is 4.90 Å². The molecule has 2 N–H and O–H groups in total. The molecule has 18 heavy (non-hydrogen) atoms. The second-order valence-corrected chi connectivity index (χ2v) is 7.27. The molecule has 0 amide bonds. The molecule has 2 nitrogen and oxygen atoms in total. The molecule has 106 valence electrons. The van der Waals surface area contributed by atoms with Crippen molar-refractivity contribution in [3.63, 3.8) is 0 Å². The van der Waals surface area contributed by atoms with Crippen molar-refractivity contribution in [3.05, 3.63) is 0 Å². The molecule has 0 radical (unpaired) electrons. The first-order valence-corrected chi connectivity index (χ1v) is 8.00. The minimum absolute atomic E-state index is 0.271. The van der Waals surface area contributed by atoms with Gasteiger partial charge in [-0.25, -0.2) is 0 Å². The Bertz CT molecular complexity index is 252. The number of hydrogen-bond acceptors (Lipinski definition) is 2. The highest BCUT2D eigenvalue weighted by atomic mass is 15.2. The standard InChI is InChI=1S/C16H32N2/c1-13(2)15-7-9-18(10-8-15)16(3,12-17)11-14-5-4-6-14/h13-15H,4-12,17H2,1-3H3. The maximum Gasteiger partial charge on any atom is 0.0306 e. The Morgan fingerprint density at radius 2 is 1.78 bits per heavy atom. The van der Waals surface area contributed by atoms with E-state index in [1.54, 1.807) is 0 Å². The van der Waals surface area contributed by atoms with Crippen molar-refractivity contribution in [2.45, 2.75) is 64.8 Å². The lowest BCUT2D eigenvalue weighted by Gasteiger charge is -2.48. The monoisotopic (exact) mass is 252 g/mol. The van der Waals surface area contributed by atoms with Crippen molar-refractivity contribution in [2.24, 2.45) is 23.5 Å². The van der Waals surface area contributed by atoms with Gasteiger partial charge in [0.1, 0.15) is 0 Å². The predicted molar refractivity (Wildman–Crippen MR) is 78.6 cm³/mol. The molecule has 1 aliphatic carbocycles. The van der Waals surface area contributed by atoms with Crippen LogP contribution in [0.25, 0.3) is 0 Å². The Kier molecular flexibility index (Phi) is 4.71. The highest BCUT2D eigenvalue weighted by Crippen LogP contribution is 2.37. The summed E-state index contributed by atoms with van der Waals surface area (Å²) in [6, 6.07) is 0. The Morgan fingerprint density at radius 3 is 2.17 bits per heavy atom. The van der Waals surface area contributed by atoms with Crippen LogP contribution in [0.1, 0.15) is 59.3 Å². The van der Waals surface area contributed by atoms with E-state index in [9.17, 15) is 0 Å². The Labute approximate surface area is 113 Å². The molecular weight excluding hydrogens is 220 g/mol. The summed E-state index contributed by atoms with van der Waals surface area (Å²) in [4.78, 5) is 2.70. The van der Waals surface area contributed by atoms with E-state index in [1.165, 1.54) is 51.6 Å². The molecule has 1 aliphatic heterocycles. The maximum atomic E-state index is 6.12. The summed E-state index contributed by atoms with van der Waals surface area (Å²) < 4.78 is 0. The van der Waals surface area contributed by atoms with E-state index in [0.717, 1.165) is 24.3 Å². The van der Waals surface area contributed by atoms with Crippen LogP contribution < -0.4 is 5.73 Å². The zero-order chi connectivity index (χ0) is 13.2. The number of rotatable bonds is 5. The van der Waals surface area contributed by atoms with Crippen LogP contribution in [0.4, 0.5) is 0 Å². The summed E-state index contributed by atoms with van der Waals surface area (Å²) in [7, 11) is 0. The quantitative estimate of drug-likeness (QED) is 0.814. The molecule has 0 bridgehead atoms. The Morgan fingerprint density at radius 1 is 1.17 bits per heavy atom. The molecule has 1 saturated carbocycles. The fourth-order valence-corrected chi connectivity index (χ4v) is 3.77. The van der Waals surface area contributed by atoms with Gasteiger partial charge in [0.05, 0.1) is 0 Å². The normalized spacial score (nSPS) is 27.2. The Hall–Kier alpha value is -0.0800. The van der Waals surface area contributed by atoms with Crippen LogP contribution in [0.3, 0.4) is 0 Å². The van der Waals surface area contributed by atoms with E-state index in [0.29, 0.717) is 0 Å². The van der Waals surface area contributed by atoms with Crippen molar-refractivity contribution in [1.82, 2.24) is 4.90 Å². The molecule has 1 unspecified atom stereocenters. The summed E-state index contributed by atoms with van der Waals surface area (Å²) in [5, 5.41) is 0. The van der Waals surface area contributed by atoms with Crippen molar-refractivity contribution >= 4 is 0 Å². The molecule has 2 aliphatic rings. The molecule has 0 aromatic rings. The predicted octanol–water partition coefficient (Wildman–Crippen LogP) is 3.26. The minimum atomic E-state index is 0.271. The van der Waals surface area contributed by atoms with E-state index in [-0.39, 0.29) is 5.54 Å². The average molecular weight is 252 g/mol. The lowest BCUT2D eigenvalue weighted by Crippen LogP contribution is -2.55. The van der Waals surface area contributed by atoms with Gasteiger partial charge in [0.15, 0.2) is 0 Å². The summed E-state index contributed by atoms with van der Waals surface area (Å²) in [6.07, 6.45) is 8.41. The van der Waals surface area contributed by atoms with Gasteiger partial charge in [0.25, 0.3) is 0 Å². The summed E-state index contributed by atoms with van der Waals surface area (Å²) in [5.74, 6) is 2.75. The number of piperidine rings is 1. The molecule has 1 saturated heterocycles. The first-order chi connectivity index (χ1) is 8.55. The highest BCUT2D eigenvalue weighted by Gasteiger charge is 2.37. The van der Waals surface area contributed by atoms with Crippen molar-refractivity contribution in [1.29, 1.82) is 0 Å². The largest absolute Gasteiger partial charge is 0.329 e. The fourth-order valence-electron chi connectivity index (χ4n) is 3.77. The van der Waals surface area contributed by atoms with Gasteiger partial charge in [-0.05, 0) is 57.0 Å². The van der Waals surface area contributed by atoms with Crippen LogP contribution >= 0.6 is 0 Å².